The molecule has 0 saturated carbocycles. The number of carbonyl (C=O) groups is 1. The molecule has 0 unspecified atom stereocenters. The molecule has 1 amide bonds. The fraction of sp³-hybridized carbons (Fsp3) is 0.136. The first kappa shape index (κ1) is 22.9. The number of sulfonamides is 1. The third kappa shape index (κ3) is 5.91. The van der Waals surface area contributed by atoms with Crippen molar-refractivity contribution < 1.29 is 17.9 Å². The number of benzene rings is 3. The van der Waals surface area contributed by atoms with Crippen molar-refractivity contribution >= 4 is 50.5 Å². The molecule has 0 heterocycles. The summed E-state index contributed by atoms with van der Waals surface area (Å²) in [5.41, 5.74) is 2.03. The van der Waals surface area contributed by atoms with E-state index in [9.17, 15) is 13.2 Å². The number of rotatable bonds is 7. The zero-order valence-electron chi connectivity index (χ0n) is 16.8. The number of hydrogen-bond acceptors (Lipinski definition) is 4. The number of amides is 1. The van der Waals surface area contributed by atoms with E-state index in [1.165, 1.54) is 11.4 Å². The predicted molar refractivity (Wildman–Crippen MR) is 125 cm³/mol. The van der Waals surface area contributed by atoms with E-state index in [0.717, 1.165) is 6.26 Å². The Bertz CT molecular complexity index is 1200. The second kappa shape index (κ2) is 9.60. The van der Waals surface area contributed by atoms with Crippen molar-refractivity contribution in [2.75, 3.05) is 23.0 Å². The number of halogens is 2. The Labute approximate surface area is 191 Å². The molecule has 6 nitrogen and oxygen atoms in total. The third-order valence-corrected chi connectivity index (χ3v) is 6.06. The molecule has 9 heteroatoms. The van der Waals surface area contributed by atoms with Gasteiger partial charge in [-0.1, -0.05) is 41.4 Å². The van der Waals surface area contributed by atoms with Crippen LogP contribution >= 0.6 is 23.2 Å². The van der Waals surface area contributed by atoms with Crippen LogP contribution in [0.1, 0.15) is 15.9 Å². The Hall–Kier alpha value is -2.74. The molecule has 0 aliphatic heterocycles. The number of anilines is 2. The van der Waals surface area contributed by atoms with Gasteiger partial charge in [0, 0.05) is 15.6 Å². The van der Waals surface area contributed by atoms with Crippen LogP contribution in [0.3, 0.4) is 0 Å². The van der Waals surface area contributed by atoms with Crippen LogP contribution in [0, 0.1) is 0 Å². The molecule has 162 valence electrons. The minimum atomic E-state index is -3.54. The van der Waals surface area contributed by atoms with Crippen molar-refractivity contribution in [3.63, 3.8) is 0 Å². The van der Waals surface area contributed by atoms with Crippen molar-refractivity contribution in [2.45, 2.75) is 6.54 Å². The van der Waals surface area contributed by atoms with E-state index >= 15 is 0 Å². The summed E-state index contributed by atoms with van der Waals surface area (Å²) >= 11 is 12.0. The summed E-state index contributed by atoms with van der Waals surface area (Å²) in [6.45, 7) is 0.100. The molecule has 3 rings (SSSR count). The first-order valence-electron chi connectivity index (χ1n) is 9.14. The van der Waals surface area contributed by atoms with Gasteiger partial charge < -0.3 is 10.1 Å². The average molecular weight is 479 g/mol. The summed E-state index contributed by atoms with van der Waals surface area (Å²) in [6.07, 6.45) is 1.13. The monoisotopic (exact) mass is 478 g/mol. The van der Waals surface area contributed by atoms with E-state index in [2.05, 4.69) is 5.32 Å². The molecule has 0 aromatic heterocycles. The maximum absolute atomic E-state index is 12.6. The predicted octanol–water partition coefficient (Wildman–Crippen LogP) is 5.22. The number of methoxy groups -OCH3 is 1. The zero-order valence-corrected chi connectivity index (χ0v) is 19.1. The third-order valence-electron chi connectivity index (χ3n) is 4.45. The Balaban J connectivity index is 1.79. The standard InChI is InChI=1S/C22H20Cl2N2O4S/c1-30-21-11-10-18(24)13-20(21)25-22(27)16-8-6-15(7-9-16)14-26(31(2,28)29)19-5-3-4-17(23)12-19/h3-13H,14H2,1-2H3,(H,25,27). The highest BCUT2D eigenvalue weighted by Gasteiger charge is 2.18. The first-order chi connectivity index (χ1) is 14.7. The number of ether oxygens (including phenoxy) is 1. The Morgan fingerprint density at radius 2 is 1.68 bits per heavy atom. The summed E-state index contributed by atoms with van der Waals surface area (Å²) in [5.74, 6) is 0.140. The van der Waals surface area contributed by atoms with Crippen molar-refractivity contribution in [3.8, 4) is 5.75 Å². The summed E-state index contributed by atoms with van der Waals surface area (Å²) < 4.78 is 31.1. The van der Waals surface area contributed by atoms with Crippen LogP contribution in [0.2, 0.25) is 10.0 Å². The highest BCUT2D eigenvalue weighted by molar-refractivity contribution is 7.92. The smallest absolute Gasteiger partial charge is 0.255 e. The van der Waals surface area contributed by atoms with Gasteiger partial charge >= 0.3 is 0 Å². The molecule has 1 N–H and O–H groups in total. The lowest BCUT2D eigenvalue weighted by molar-refractivity contribution is 0.102. The maximum Gasteiger partial charge on any atom is 0.255 e. The van der Waals surface area contributed by atoms with Gasteiger partial charge in [0.2, 0.25) is 10.0 Å². The molecule has 0 atom stereocenters. The van der Waals surface area contributed by atoms with E-state index < -0.39 is 10.0 Å². The number of nitrogens with one attached hydrogen (secondary N) is 1. The number of hydrogen-bond donors (Lipinski definition) is 1. The molecule has 0 aliphatic rings. The lowest BCUT2D eigenvalue weighted by Crippen LogP contribution is -2.29. The topological polar surface area (TPSA) is 75.7 Å². The molecule has 0 aliphatic carbocycles. The molecule has 0 fully saturated rings. The van der Waals surface area contributed by atoms with Gasteiger partial charge in [-0.3, -0.25) is 9.10 Å². The normalized spacial score (nSPS) is 11.1. The fourth-order valence-corrected chi connectivity index (χ4v) is 4.17. The Morgan fingerprint density at radius 1 is 1.00 bits per heavy atom. The van der Waals surface area contributed by atoms with Crippen LogP contribution in [-0.2, 0) is 16.6 Å². The lowest BCUT2D eigenvalue weighted by atomic mass is 10.1. The van der Waals surface area contributed by atoms with E-state index in [1.54, 1.807) is 66.7 Å². The first-order valence-corrected chi connectivity index (χ1v) is 11.7. The molecular weight excluding hydrogens is 459 g/mol. The van der Waals surface area contributed by atoms with Gasteiger partial charge in [0.1, 0.15) is 5.75 Å². The number of carbonyl (C=O) groups excluding carboxylic acids is 1. The summed E-state index contributed by atoms with van der Waals surface area (Å²) in [6, 6.07) is 18.2. The van der Waals surface area contributed by atoms with Crippen LogP contribution in [0.4, 0.5) is 11.4 Å². The van der Waals surface area contributed by atoms with Gasteiger partial charge in [-0.2, -0.15) is 0 Å². The van der Waals surface area contributed by atoms with Crippen molar-refractivity contribution in [3.05, 3.63) is 87.9 Å². The molecule has 0 radical (unpaired) electrons. The highest BCUT2D eigenvalue weighted by atomic mass is 35.5. The minimum absolute atomic E-state index is 0.100. The largest absolute Gasteiger partial charge is 0.495 e. The van der Waals surface area contributed by atoms with Gasteiger partial charge in [0.25, 0.3) is 5.91 Å². The van der Waals surface area contributed by atoms with E-state index in [4.69, 9.17) is 27.9 Å². The van der Waals surface area contributed by atoms with Crippen LogP contribution in [-0.4, -0.2) is 27.7 Å². The molecule has 3 aromatic carbocycles. The quantitative estimate of drug-likeness (QED) is 0.504. The van der Waals surface area contributed by atoms with Crippen LogP contribution in [0.5, 0.6) is 5.75 Å². The molecule has 0 spiro atoms. The average Bonchev–Trinajstić information content (AvgIpc) is 2.71. The fourth-order valence-electron chi connectivity index (χ4n) is 2.93. The highest BCUT2D eigenvalue weighted by Crippen LogP contribution is 2.28. The minimum Gasteiger partial charge on any atom is -0.495 e. The summed E-state index contributed by atoms with van der Waals surface area (Å²) in [5, 5.41) is 3.67. The lowest BCUT2D eigenvalue weighted by Gasteiger charge is -2.22. The van der Waals surface area contributed by atoms with Gasteiger partial charge in [-0.15, -0.1) is 0 Å². The molecular formula is C22H20Cl2N2O4S. The number of nitrogens with zero attached hydrogens (tertiary/aromatic N) is 1. The van der Waals surface area contributed by atoms with Gasteiger partial charge in [0.15, 0.2) is 0 Å². The molecule has 0 bridgehead atoms. The zero-order chi connectivity index (χ0) is 22.6. The van der Waals surface area contributed by atoms with Gasteiger partial charge in [-0.25, -0.2) is 8.42 Å². The van der Waals surface area contributed by atoms with Crippen LogP contribution < -0.4 is 14.4 Å². The van der Waals surface area contributed by atoms with Crippen LogP contribution in [0.25, 0.3) is 0 Å². The van der Waals surface area contributed by atoms with Crippen LogP contribution in [0.15, 0.2) is 66.7 Å². The summed E-state index contributed by atoms with van der Waals surface area (Å²) in [7, 11) is -2.04. The second-order valence-electron chi connectivity index (χ2n) is 6.75. The van der Waals surface area contributed by atoms with E-state index in [0.29, 0.717) is 38.3 Å². The van der Waals surface area contributed by atoms with E-state index in [1.807, 2.05) is 0 Å². The second-order valence-corrected chi connectivity index (χ2v) is 9.52. The SMILES string of the molecule is COc1ccc(Cl)cc1NC(=O)c1ccc(CN(c2cccc(Cl)c2)S(C)(=O)=O)cc1. The molecule has 0 saturated heterocycles. The molecule has 31 heavy (non-hydrogen) atoms. The van der Waals surface area contributed by atoms with Crippen molar-refractivity contribution in [2.24, 2.45) is 0 Å². The maximum atomic E-state index is 12.6. The van der Waals surface area contributed by atoms with Crippen molar-refractivity contribution in [1.29, 1.82) is 0 Å². The summed E-state index contributed by atoms with van der Waals surface area (Å²) in [4.78, 5) is 12.6. The van der Waals surface area contributed by atoms with Gasteiger partial charge in [0.05, 0.1) is 31.3 Å². The Morgan fingerprint density at radius 3 is 2.29 bits per heavy atom. The van der Waals surface area contributed by atoms with E-state index in [-0.39, 0.29) is 12.5 Å². The van der Waals surface area contributed by atoms with Gasteiger partial charge in [-0.05, 0) is 54.1 Å². The Kier molecular flexibility index (Phi) is 7.10. The van der Waals surface area contributed by atoms with Crippen molar-refractivity contribution in [1.82, 2.24) is 0 Å². The molecule has 3 aromatic rings.